The van der Waals surface area contributed by atoms with Crippen LogP contribution in [0.15, 0.2) is 18.2 Å². The Morgan fingerprint density at radius 1 is 1.37 bits per heavy atom. The number of carbonyl (C=O) groups excluding carboxylic acids is 1. The summed E-state index contributed by atoms with van der Waals surface area (Å²) >= 11 is 0. The molecule has 1 unspecified atom stereocenters. The number of carbonyl (C=O) groups is 1. The molecule has 0 aliphatic carbocycles. The number of ether oxygens (including phenoxy) is 2. The van der Waals surface area contributed by atoms with E-state index in [1.807, 2.05) is 0 Å². The number of halogens is 2. The first-order valence-corrected chi connectivity index (χ1v) is 6.07. The van der Waals surface area contributed by atoms with Gasteiger partial charge in [0.15, 0.2) is 17.7 Å². The normalized spacial score (nSPS) is 17.1. The first-order chi connectivity index (χ1) is 9.09. The molecule has 0 radical (unpaired) electrons. The second-order valence-electron chi connectivity index (χ2n) is 4.25. The number of benzene rings is 1. The van der Waals surface area contributed by atoms with Gasteiger partial charge in [-0.3, -0.25) is 4.79 Å². The largest absolute Gasteiger partial charge is 0.478 e. The van der Waals surface area contributed by atoms with Crippen molar-refractivity contribution in [1.29, 1.82) is 0 Å². The van der Waals surface area contributed by atoms with Crippen molar-refractivity contribution in [3.05, 3.63) is 29.8 Å². The second-order valence-corrected chi connectivity index (χ2v) is 4.25. The van der Waals surface area contributed by atoms with Crippen LogP contribution in [0.1, 0.15) is 6.92 Å². The lowest BCUT2D eigenvalue weighted by Crippen LogP contribution is -2.46. The zero-order chi connectivity index (χ0) is 13.8. The van der Waals surface area contributed by atoms with E-state index in [-0.39, 0.29) is 11.7 Å². The van der Waals surface area contributed by atoms with Crippen molar-refractivity contribution in [3.8, 4) is 5.75 Å². The van der Waals surface area contributed by atoms with Crippen LogP contribution >= 0.6 is 0 Å². The summed E-state index contributed by atoms with van der Waals surface area (Å²) in [5.74, 6) is -2.59. The predicted molar refractivity (Wildman–Crippen MR) is 63.8 cm³/mol. The van der Waals surface area contributed by atoms with Crippen LogP contribution in [0.4, 0.5) is 8.78 Å². The fourth-order valence-electron chi connectivity index (χ4n) is 1.86. The highest BCUT2D eigenvalue weighted by molar-refractivity contribution is 5.81. The van der Waals surface area contributed by atoms with Crippen molar-refractivity contribution in [3.63, 3.8) is 0 Å². The molecule has 1 aliphatic rings. The summed E-state index contributed by atoms with van der Waals surface area (Å²) < 4.78 is 36.8. The first-order valence-electron chi connectivity index (χ1n) is 6.07. The lowest BCUT2D eigenvalue weighted by atomic mass is 10.3. The Bertz CT molecular complexity index is 461. The highest BCUT2D eigenvalue weighted by atomic mass is 19.2. The molecule has 19 heavy (non-hydrogen) atoms. The molecular formula is C13H15F2NO3. The van der Waals surface area contributed by atoms with E-state index in [2.05, 4.69) is 0 Å². The molecule has 0 aromatic heterocycles. The molecule has 1 heterocycles. The molecule has 4 nitrogen and oxygen atoms in total. The maximum absolute atomic E-state index is 13.4. The first kappa shape index (κ1) is 13.7. The number of rotatable bonds is 3. The van der Waals surface area contributed by atoms with E-state index in [4.69, 9.17) is 9.47 Å². The molecule has 1 atom stereocenters. The van der Waals surface area contributed by atoms with Crippen LogP contribution in [0.25, 0.3) is 0 Å². The molecule has 1 aromatic carbocycles. The smallest absolute Gasteiger partial charge is 0.263 e. The summed E-state index contributed by atoms with van der Waals surface area (Å²) in [6.45, 7) is 3.44. The van der Waals surface area contributed by atoms with Gasteiger partial charge in [-0.15, -0.1) is 0 Å². The van der Waals surface area contributed by atoms with Crippen molar-refractivity contribution in [1.82, 2.24) is 4.90 Å². The third kappa shape index (κ3) is 3.20. The second kappa shape index (κ2) is 5.97. The van der Waals surface area contributed by atoms with Crippen LogP contribution < -0.4 is 4.74 Å². The molecule has 6 heteroatoms. The predicted octanol–water partition coefficient (Wildman–Crippen LogP) is 1.59. The lowest BCUT2D eigenvalue weighted by Gasteiger charge is -2.29. The molecule has 0 bridgehead atoms. The van der Waals surface area contributed by atoms with E-state index in [0.717, 1.165) is 6.07 Å². The number of hydrogen-bond donors (Lipinski definition) is 0. The zero-order valence-electron chi connectivity index (χ0n) is 10.6. The average Bonchev–Trinajstić information content (AvgIpc) is 2.44. The number of amides is 1. The van der Waals surface area contributed by atoms with Crippen LogP contribution in [-0.4, -0.2) is 43.2 Å². The van der Waals surface area contributed by atoms with Crippen LogP contribution in [0.3, 0.4) is 0 Å². The molecule has 0 saturated carbocycles. The Labute approximate surface area is 109 Å². The van der Waals surface area contributed by atoms with E-state index < -0.39 is 17.7 Å². The fraction of sp³-hybridized carbons (Fsp3) is 0.462. The molecule has 1 amide bonds. The molecule has 1 fully saturated rings. The Morgan fingerprint density at radius 3 is 2.74 bits per heavy atom. The topological polar surface area (TPSA) is 38.8 Å². The molecule has 0 spiro atoms. The molecule has 104 valence electrons. The van der Waals surface area contributed by atoms with Gasteiger partial charge >= 0.3 is 0 Å². The molecule has 0 N–H and O–H groups in total. The van der Waals surface area contributed by atoms with Gasteiger partial charge in [-0.1, -0.05) is 6.07 Å². The van der Waals surface area contributed by atoms with Gasteiger partial charge in [0.2, 0.25) is 5.82 Å². The van der Waals surface area contributed by atoms with Crippen LogP contribution in [-0.2, 0) is 9.53 Å². The van der Waals surface area contributed by atoms with Gasteiger partial charge in [0, 0.05) is 13.1 Å². The minimum absolute atomic E-state index is 0.255. The fourth-order valence-corrected chi connectivity index (χ4v) is 1.86. The number of hydrogen-bond acceptors (Lipinski definition) is 3. The van der Waals surface area contributed by atoms with Crippen molar-refractivity contribution < 1.29 is 23.0 Å². The van der Waals surface area contributed by atoms with E-state index in [0.29, 0.717) is 26.3 Å². The van der Waals surface area contributed by atoms with Gasteiger partial charge in [0.1, 0.15) is 0 Å². The van der Waals surface area contributed by atoms with Crippen LogP contribution in [0.2, 0.25) is 0 Å². The van der Waals surface area contributed by atoms with E-state index in [1.54, 1.807) is 4.90 Å². The summed E-state index contributed by atoms with van der Waals surface area (Å²) in [6, 6.07) is 3.62. The van der Waals surface area contributed by atoms with E-state index in [9.17, 15) is 13.6 Å². The maximum atomic E-state index is 13.4. The molecule has 1 aromatic rings. The van der Waals surface area contributed by atoms with Gasteiger partial charge in [-0.25, -0.2) is 4.39 Å². The van der Waals surface area contributed by atoms with Gasteiger partial charge in [0.25, 0.3) is 5.91 Å². The third-order valence-electron chi connectivity index (χ3n) is 2.89. The molecule has 2 rings (SSSR count). The summed E-state index contributed by atoms with van der Waals surface area (Å²) in [5, 5.41) is 0. The van der Waals surface area contributed by atoms with Gasteiger partial charge in [-0.05, 0) is 19.1 Å². The quantitative estimate of drug-likeness (QED) is 0.838. The zero-order valence-corrected chi connectivity index (χ0v) is 10.6. The minimum atomic E-state index is -1.08. The standard InChI is InChI=1S/C13H15F2NO3/c1-9(13(17)16-5-7-18-8-6-16)19-11-4-2-3-10(14)12(11)15/h2-4,9H,5-8H2,1H3. The van der Waals surface area contributed by atoms with Gasteiger partial charge in [-0.2, -0.15) is 4.39 Å². The Hall–Kier alpha value is -1.69. The van der Waals surface area contributed by atoms with E-state index >= 15 is 0 Å². The monoisotopic (exact) mass is 271 g/mol. The third-order valence-corrected chi connectivity index (χ3v) is 2.89. The van der Waals surface area contributed by atoms with Crippen molar-refractivity contribution >= 4 is 5.91 Å². The molecule has 1 saturated heterocycles. The Morgan fingerprint density at radius 2 is 2.05 bits per heavy atom. The lowest BCUT2D eigenvalue weighted by molar-refractivity contribution is -0.142. The number of morpholine rings is 1. The average molecular weight is 271 g/mol. The summed E-state index contributed by atoms with van der Waals surface area (Å²) in [6.07, 6.45) is -0.866. The van der Waals surface area contributed by atoms with Crippen molar-refractivity contribution in [2.75, 3.05) is 26.3 Å². The SMILES string of the molecule is CC(Oc1cccc(F)c1F)C(=O)N1CCOCC1. The minimum Gasteiger partial charge on any atom is -0.478 e. The maximum Gasteiger partial charge on any atom is 0.263 e. The van der Waals surface area contributed by atoms with Crippen molar-refractivity contribution in [2.24, 2.45) is 0 Å². The highest BCUT2D eigenvalue weighted by Crippen LogP contribution is 2.20. The van der Waals surface area contributed by atoms with Crippen molar-refractivity contribution in [2.45, 2.75) is 13.0 Å². The van der Waals surface area contributed by atoms with E-state index in [1.165, 1.54) is 19.1 Å². The summed E-state index contributed by atoms with van der Waals surface area (Å²) in [7, 11) is 0. The summed E-state index contributed by atoms with van der Waals surface area (Å²) in [5.41, 5.74) is 0. The number of nitrogens with zero attached hydrogens (tertiary/aromatic N) is 1. The van der Waals surface area contributed by atoms with Crippen LogP contribution in [0, 0.1) is 11.6 Å². The molecular weight excluding hydrogens is 256 g/mol. The van der Waals surface area contributed by atoms with Gasteiger partial charge < -0.3 is 14.4 Å². The summed E-state index contributed by atoms with van der Waals surface area (Å²) in [4.78, 5) is 13.6. The molecule has 1 aliphatic heterocycles. The Balaban J connectivity index is 2.01. The van der Waals surface area contributed by atoms with Crippen LogP contribution in [0.5, 0.6) is 5.75 Å². The van der Waals surface area contributed by atoms with Gasteiger partial charge in [0.05, 0.1) is 13.2 Å². The Kier molecular flexibility index (Phi) is 4.31. The highest BCUT2D eigenvalue weighted by Gasteiger charge is 2.24.